The lowest BCUT2D eigenvalue weighted by Gasteiger charge is -2.38. The van der Waals surface area contributed by atoms with Crippen LogP contribution in [0.2, 0.25) is 0 Å². The molecule has 1 N–H and O–H groups in total. The summed E-state index contributed by atoms with van der Waals surface area (Å²) in [6, 6.07) is 26.2. The van der Waals surface area contributed by atoms with Crippen molar-refractivity contribution in [1.82, 2.24) is 4.90 Å². The van der Waals surface area contributed by atoms with Gasteiger partial charge >= 0.3 is 0 Å². The molecule has 1 saturated carbocycles. The average Bonchev–Trinajstić information content (AvgIpc) is 2.94. The first kappa shape index (κ1) is 24.2. The number of fused-ring (bicyclic) bond motifs is 1. The largest absolute Gasteiger partial charge is 0.508 e. The number of hydrogen-bond acceptors (Lipinski definition) is 4. The highest BCUT2D eigenvalue weighted by Gasteiger charge is 2.32. The molecule has 2 fully saturated rings. The second kappa shape index (κ2) is 10.7. The number of benzene rings is 3. The molecule has 0 spiro atoms. The van der Waals surface area contributed by atoms with Crippen LogP contribution in [0, 0.1) is 5.92 Å². The highest BCUT2D eigenvalue weighted by atomic mass is 16.3. The Morgan fingerprint density at radius 1 is 0.757 bits per heavy atom. The van der Waals surface area contributed by atoms with E-state index in [1.807, 2.05) is 12.1 Å². The predicted octanol–water partition coefficient (Wildman–Crippen LogP) is 6.14. The van der Waals surface area contributed by atoms with Gasteiger partial charge in [0, 0.05) is 57.2 Å². The molecule has 1 aliphatic heterocycles. The number of phenolic OH excluding ortho intramolecular Hbond substituents is 1. The normalized spacial score (nSPS) is 23.1. The van der Waals surface area contributed by atoms with Gasteiger partial charge in [-0.05, 0) is 84.0 Å². The van der Waals surface area contributed by atoms with Gasteiger partial charge in [0.1, 0.15) is 11.5 Å². The van der Waals surface area contributed by atoms with Crippen LogP contribution in [0.3, 0.4) is 0 Å². The Hall–Kier alpha value is -3.11. The number of rotatable bonds is 5. The number of aromatic hydroxyl groups is 1. The number of aryl methyl sites for hydroxylation is 1. The summed E-state index contributed by atoms with van der Waals surface area (Å²) in [5.41, 5.74) is 6.69. The minimum absolute atomic E-state index is 0.292. The molecule has 1 heterocycles. The van der Waals surface area contributed by atoms with Gasteiger partial charge in [0.25, 0.3) is 0 Å². The maximum atomic E-state index is 11.6. The lowest BCUT2D eigenvalue weighted by Crippen LogP contribution is -2.48. The van der Waals surface area contributed by atoms with Gasteiger partial charge in [-0.2, -0.15) is 0 Å². The van der Waals surface area contributed by atoms with E-state index in [1.54, 1.807) is 0 Å². The van der Waals surface area contributed by atoms with Crippen LogP contribution in [0.25, 0.3) is 0 Å². The van der Waals surface area contributed by atoms with Crippen molar-refractivity contribution in [2.75, 3.05) is 37.6 Å². The van der Waals surface area contributed by atoms with Crippen molar-refractivity contribution in [3.05, 3.63) is 95.1 Å². The third-order valence-electron chi connectivity index (χ3n) is 8.99. The van der Waals surface area contributed by atoms with Crippen LogP contribution in [0.15, 0.2) is 72.8 Å². The molecule has 3 aromatic carbocycles. The van der Waals surface area contributed by atoms with Gasteiger partial charge in [-0.1, -0.05) is 48.5 Å². The number of piperazine rings is 1. The van der Waals surface area contributed by atoms with Gasteiger partial charge in [-0.25, -0.2) is 0 Å². The van der Waals surface area contributed by atoms with Crippen molar-refractivity contribution in [1.29, 1.82) is 0 Å². The van der Waals surface area contributed by atoms with E-state index in [0.29, 0.717) is 29.3 Å². The van der Waals surface area contributed by atoms with E-state index < -0.39 is 0 Å². The molecule has 0 amide bonds. The molecule has 4 nitrogen and oxygen atoms in total. The van der Waals surface area contributed by atoms with Crippen LogP contribution in [-0.2, 0) is 11.2 Å². The molecule has 1 saturated heterocycles. The average molecular weight is 495 g/mol. The van der Waals surface area contributed by atoms with Crippen molar-refractivity contribution in [2.24, 2.45) is 5.92 Å². The molecular formula is C33H38N2O2. The van der Waals surface area contributed by atoms with Gasteiger partial charge in [-0.3, -0.25) is 9.69 Å². The first-order valence-corrected chi connectivity index (χ1v) is 14.1. The summed E-state index contributed by atoms with van der Waals surface area (Å²) in [6.07, 6.45) is 5.82. The molecule has 2 atom stereocenters. The maximum absolute atomic E-state index is 11.6. The van der Waals surface area contributed by atoms with Gasteiger partial charge in [0.2, 0.25) is 0 Å². The van der Waals surface area contributed by atoms with Crippen molar-refractivity contribution in [2.45, 2.75) is 50.4 Å². The van der Waals surface area contributed by atoms with Gasteiger partial charge in [0.15, 0.2) is 0 Å². The van der Waals surface area contributed by atoms with Gasteiger partial charge in [0.05, 0.1) is 0 Å². The molecular weight excluding hydrogens is 456 g/mol. The van der Waals surface area contributed by atoms with Crippen LogP contribution >= 0.6 is 0 Å². The Labute approximate surface area is 220 Å². The lowest BCUT2D eigenvalue weighted by molar-refractivity contribution is -0.121. The van der Waals surface area contributed by atoms with E-state index in [-0.39, 0.29) is 0 Å². The molecule has 3 aromatic rings. The van der Waals surface area contributed by atoms with Crippen LogP contribution in [-0.4, -0.2) is 48.5 Å². The van der Waals surface area contributed by atoms with Crippen LogP contribution in [0.4, 0.5) is 5.69 Å². The number of phenols is 1. The third kappa shape index (κ3) is 5.31. The minimum atomic E-state index is 0.292. The predicted molar refractivity (Wildman–Crippen MR) is 150 cm³/mol. The molecule has 0 aromatic heterocycles. The SMILES string of the molecule is O=C1CCC(CN2CCN(c3ccc(C4c5ccc(O)cc5CCC4c4ccccc4)cc3)CC2)CC1. The molecule has 2 unspecified atom stereocenters. The molecule has 2 aliphatic carbocycles. The Morgan fingerprint density at radius 2 is 1.49 bits per heavy atom. The van der Waals surface area contributed by atoms with E-state index in [4.69, 9.17) is 0 Å². The number of ketones is 1. The zero-order valence-corrected chi connectivity index (χ0v) is 21.7. The van der Waals surface area contributed by atoms with E-state index in [9.17, 15) is 9.90 Å². The van der Waals surface area contributed by atoms with Crippen molar-refractivity contribution >= 4 is 11.5 Å². The summed E-state index contributed by atoms with van der Waals surface area (Å²) in [4.78, 5) is 16.7. The number of carbonyl (C=O) groups excluding carboxylic acids is 1. The minimum Gasteiger partial charge on any atom is -0.508 e. The summed E-state index contributed by atoms with van der Waals surface area (Å²) in [7, 11) is 0. The number of anilines is 1. The fourth-order valence-corrected chi connectivity index (χ4v) is 6.91. The zero-order chi connectivity index (χ0) is 25.2. The molecule has 37 heavy (non-hydrogen) atoms. The molecule has 4 heteroatoms. The molecule has 0 radical (unpaired) electrons. The monoisotopic (exact) mass is 494 g/mol. The Morgan fingerprint density at radius 3 is 2.22 bits per heavy atom. The first-order chi connectivity index (χ1) is 18.1. The highest BCUT2D eigenvalue weighted by Crippen LogP contribution is 2.47. The quantitative estimate of drug-likeness (QED) is 0.463. The van der Waals surface area contributed by atoms with E-state index in [1.165, 1.54) is 27.9 Å². The second-order valence-electron chi connectivity index (χ2n) is 11.3. The summed E-state index contributed by atoms with van der Waals surface area (Å²) in [6.45, 7) is 5.47. The highest BCUT2D eigenvalue weighted by molar-refractivity contribution is 5.79. The molecule has 192 valence electrons. The van der Waals surface area contributed by atoms with Crippen molar-refractivity contribution in [3.63, 3.8) is 0 Å². The topological polar surface area (TPSA) is 43.8 Å². The number of nitrogens with zero attached hydrogens (tertiary/aromatic N) is 2. The van der Waals surface area contributed by atoms with Gasteiger partial charge in [-0.15, -0.1) is 0 Å². The molecule has 3 aliphatic rings. The third-order valence-corrected chi connectivity index (χ3v) is 8.99. The fraction of sp³-hybridized carbons (Fsp3) is 0.424. The summed E-state index contributed by atoms with van der Waals surface area (Å²) in [5.74, 6) is 2.24. The number of hydrogen-bond donors (Lipinski definition) is 1. The molecule has 0 bridgehead atoms. The van der Waals surface area contributed by atoms with Crippen molar-refractivity contribution < 1.29 is 9.90 Å². The van der Waals surface area contributed by atoms with E-state index in [0.717, 1.165) is 71.2 Å². The first-order valence-electron chi connectivity index (χ1n) is 14.1. The zero-order valence-electron chi connectivity index (χ0n) is 21.7. The van der Waals surface area contributed by atoms with E-state index in [2.05, 4.69) is 70.5 Å². The van der Waals surface area contributed by atoms with Crippen LogP contribution in [0.5, 0.6) is 5.75 Å². The molecule has 6 rings (SSSR count). The number of Topliss-reactive ketones (excluding diaryl/α,β-unsaturated/α-hetero) is 1. The lowest BCUT2D eigenvalue weighted by atomic mass is 9.69. The smallest absolute Gasteiger partial charge is 0.132 e. The fourth-order valence-electron chi connectivity index (χ4n) is 6.91. The summed E-state index contributed by atoms with van der Waals surface area (Å²) < 4.78 is 0. The number of carbonyl (C=O) groups is 1. The Bertz CT molecular complexity index is 1200. The Kier molecular flexibility index (Phi) is 7.01. The van der Waals surface area contributed by atoms with Gasteiger partial charge < -0.3 is 10.0 Å². The maximum Gasteiger partial charge on any atom is 0.132 e. The van der Waals surface area contributed by atoms with Crippen LogP contribution < -0.4 is 4.90 Å². The van der Waals surface area contributed by atoms with Crippen LogP contribution in [0.1, 0.15) is 66.2 Å². The van der Waals surface area contributed by atoms with Crippen molar-refractivity contribution in [3.8, 4) is 5.75 Å². The summed E-state index contributed by atoms with van der Waals surface area (Å²) >= 11 is 0. The second-order valence-corrected chi connectivity index (χ2v) is 11.3. The Balaban J connectivity index is 1.17. The van der Waals surface area contributed by atoms with E-state index >= 15 is 0 Å². The summed E-state index contributed by atoms with van der Waals surface area (Å²) in [5, 5.41) is 10.1. The standard InChI is InChI=1S/C33H38N2O2/c36-29-13-6-24(7-14-29)23-34-18-20-35(21-19-34)28-11-8-26(9-12-28)33-31(25-4-2-1-3-5-25)16-10-27-22-30(37)15-17-32(27)33/h1-5,8-9,11-12,15,17,22,24,31,33,37H,6-7,10,13-14,16,18-21,23H2.